The smallest absolute Gasteiger partial charge is 0.201 e. The first-order chi connectivity index (χ1) is 12.8. The number of nitrogens with zero attached hydrogens (tertiary/aromatic N) is 3. The van der Waals surface area contributed by atoms with Crippen LogP contribution in [-0.2, 0) is 0 Å². The van der Waals surface area contributed by atoms with E-state index in [1.165, 1.54) is 0 Å². The highest BCUT2D eigenvalue weighted by Gasteiger charge is 2.27. The second-order valence-electron chi connectivity index (χ2n) is 6.54. The van der Waals surface area contributed by atoms with E-state index in [1.807, 2.05) is 23.7 Å². The zero-order chi connectivity index (χ0) is 17.8. The van der Waals surface area contributed by atoms with Crippen molar-refractivity contribution in [2.75, 3.05) is 18.5 Å². The van der Waals surface area contributed by atoms with Gasteiger partial charge >= 0.3 is 0 Å². The molecule has 0 saturated heterocycles. The molecular formula is C18H22N6OS. The number of aliphatic hydroxyl groups is 1. The fourth-order valence-electron chi connectivity index (χ4n) is 3.36. The first-order valence-electron chi connectivity index (χ1n) is 8.80. The van der Waals surface area contributed by atoms with Gasteiger partial charge in [0.05, 0.1) is 6.54 Å². The quantitative estimate of drug-likeness (QED) is 0.643. The molecular weight excluding hydrogens is 348 g/mol. The van der Waals surface area contributed by atoms with Crippen LogP contribution in [0.5, 0.6) is 0 Å². The number of thiazole rings is 1. The van der Waals surface area contributed by atoms with Gasteiger partial charge in [-0.05, 0) is 37.3 Å². The van der Waals surface area contributed by atoms with Crippen molar-refractivity contribution in [1.82, 2.24) is 20.6 Å². The van der Waals surface area contributed by atoms with E-state index in [1.54, 1.807) is 23.7 Å². The van der Waals surface area contributed by atoms with Crippen LogP contribution >= 0.6 is 11.3 Å². The number of aromatic nitrogens is 2. The Bertz CT molecular complexity index is 789. The third-order valence-corrected chi connectivity index (χ3v) is 5.55. The average molecular weight is 370 g/mol. The van der Waals surface area contributed by atoms with Crippen LogP contribution in [0.2, 0.25) is 0 Å². The van der Waals surface area contributed by atoms with Crippen molar-refractivity contribution >= 4 is 28.6 Å². The van der Waals surface area contributed by atoms with Crippen LogP contribution in [0, 0.1) is 5.92 Å². The standard InChI is InChI=1S/C18H22N6OS/c25-11-12-1-2-14(9-12)22-16-15(17-20-7-8-26-17)10-21-18(24-16)23-13-3-5-19-6-4-13/h3-8,12,14,22,25H,1-2,9-11H2,(H2,19,21,23,24). The molecule has 2 aromatic heterocycles. The summed E-state index contributed by atoms with van der Waals surface area (Å²) >= 11 is 1.61. The van der Waals surface area contributed by atoms with E-state index in [0.29, 0.717) is 24.5 Å². The molecule has 4 rings (SSSR count). The van der Waals surface area contributed by atoms with Crippen LogP contribution in [0.4, 0.5) is 5.69 Å². The maximum Gasteiger partial charge on any atom is 0.201 e. The fraction of sp³-hybridized carbons (Fsp3) is 0.389. The highest BCUT2D eigenvalue weighted by atomic mass is 32.1. The number of nitrogens with one attached hydrogen (secondary N) is 3. The van der Waals surface area contributed by atoms with Crippen molar-refractivity contribution in [1.29, 1.82) is 0 Å². The normalized spacial score (nSPS) is 22.7. The summed E-state index contributed by atoms with van der Waals surface area (Å²) in [5.41, 5.74) is 2.01. The van der Waals surface area contributed by atoms with Crippen molar-refractivity contribution in [3.8, 4) is 0 Å². The van der Waals surface area contributed by atoms with Crippen molar-refractivity contribution in [3.63, 3.8) is 0 Å². The predicted molar refractivity (Wildman–Crippen MR) is 104 cm³/mol. The van der Waals surface area contributed by atoms with Gasteiger partial charge < -0.3 is 21.1 Å². The lowest BCUT2D eigenvalue weighted by molar-refractivity contribution is 0.228. The maximum atomic E-state index is 9.40. The highest BCUT2D eigenvalue weighted by Crippen LogP contribution is 2.28. The molecule has 2 unspecified atom stereocenters. The summed E-state index contributed by atoms with van der Waals surface area (Å²) in [6, 6.07) is 4.16. The van der Waals surface area contributed by atoms with Crippen LogP contribution in [0.1, 0.15) is 24.3 Å². The number of pyridine rings is 1. The third kappa shape index (κ3) is 3.86. The lowest BCUT2D eigenvalue weighted by Crippen LogP contribution is -2.42. The molecule has 7 nitrogen and oxygen atoms in total. The molecule has 0 bridgehead atoms. The van der Waals surface area contributed by atoms with Crippen molar-refractivity contribution in [2.24, 2.45) is 10.9 Å². The van der Waals surface area contributed by atoms with Gasteiger partial charge in [0.1, 0.15) is 10.8 Å². The second kappa shape index (κ2) is 7.84. The Morgan fingerprint density at radius 1 is 1.23 bits per heavy atom. The summed E-state index contributed by atoms with van der Waals surface area (Å²) in [6.45, 7) is 0.826. The summed E-state index contributed by atoms with van der Waals surface area (Å²) in [4.78, 5) is 13.1. The molecule has 4 N–H and O–H groups in total. The van der Waals surface area contributed by atoms with Crippen LogP contribution in [-0.4, -0.2) is 40.2 Å². The number of anilines is 1. The molecule has 3 heterocycles. The van der Waals surface area contributed by atoms with Gasteiger partial charge in [0, 0.05) is 47.9 Å². The van der Waals surface area contributed by atoms with E-state index in [9.17, 15) is 5.11 Å². The van der Waals surface area contributed by atoms with Gasteiger partial charge in [0.15, 0.2) is 0 Å². The van der Waals surface area contributed by atoms with Crippen molar-refractivity contribution in [3.05, 3.63) is 46.9 Å². The molecule has 26 heavy (non-hydrogen) atoms. The fourth-order valence-corrected chi connectivity index (χ4v) is 4.04. The first-order valence-corrected chi connectivity index (χ1v) is 9.68. The summed E-state index contributed by atoms with van der Waals surface area (Å²) in [5, 5.41) is 22.7. The van der Waals surface area contributed by atoms with Crippen LogP contribution < -0.4 is 16.0 Å². The molecule has 1 aliphatic heterocycles. The molecule has 1 fully saturated rings. The summed E-state index contributed by atoms with van der Waals surface area (Å²) in [7, 11) is 0. The summed E-state index contributed by atoms with van der Waals surface area (Å²) in [6.07, 6.45) is 8.41. The minimum absolute atomic E-state index is 0.264. The highest BCUT2D eigenvalue weighted by molar-refractivity contribution is 7.10. The first kappa shape index (κ1) is 17.0. The minimum atomic E-state index is 0.264. The number of rotatable bonds is 5. The Morgan fingerprint density at radius 2 is 2.12 bits per heavy atom. The Kier molecular flexibility index (Phi) is 5.12. The zero-order valence-corrected chi connectivity index (χ0v) is 15.2. The van der Waals surface area contributed by atoms with Gasteiger partial charge in [-0.15, -0.1) is 11.3 Å². The number of aliphatic hydroxyl groups excluding tert-OH is 1. The molecule has 2 aromatic rings. The Hall–Kier alpha value is -2.45. The Balaban J connectivity index is 1.51. The Labute approximate surface area is 156 Å². The molecule has 136 valence electrons. The van der Waals surface area contributed by atoms with Crippen molar-refractivity contribution < 1.29 is 5.11 Å². The summed E-state index contributed by atoms with van der Waals surface area (Å²) < 4.78 is 0. The van der Waals surface area contributed by atoms with Gasteiger partial charge in [0.25, 0.3) is 0 Å². The number of aliphatic imine (C=N–C) groups is 1. The van der Waals surface area contributed by atoms with Crippen LogP contribution in [0.15, 0.2) is 46.9 Å². The van der Waals surface area contributed by atoms with E-state index >= 15 is 0 Å². The number of hydrogen-bond acceptors (Lipinski definition) is 8. The van der Waals surface area contributed by atoms with E-state index in [0.717, 1.165) is 41.4 Å². The molecule has 2 aliphatic rings. The number of hydrogen-bond donors (Lipinski definition) is 4. The van der Waals surface area contributed by atoms with Gasteiger partial charge in [-0.25, -0.2) is 9.98 Å². The van der Waals surface area contributed by atoms with E-state index in [4.69, 9.17) is 0 Å². The largest absolute Gasteiger partial charge is 0.396 e. The molecule has 1 aliphatic carbocycles. The van der Waals surface area contributed by atoms with Crippen molar-refractivity contribution in [2.45, 2.75) is 25.3 Å². The van der Waals surface area contributed by atoms with E-state index in [2.05, 4.69) is 30.9 Å². The monoisotopic (exact) mass is 370 g/mol. The molecule has 2 atom stereocenters. The predicted octanol–water partition coefficient (Wildman–Crippen LogP) is 2.03. The minimum Gasteiger partial charge on any atom is -0.396 e. The van der Waals surface area contributed by atoms with Gasteiger partial charge in [-0.1, -0.05) is 0 Å². The van der Waals surface area contributed by atoms with Crippen LogP contribution in [0.3, 0.4) is 0 Å². The van der Waals surface area contributed by atoms with Gasteiger partial charge in [0.2, 0.25) is 5.96 Å². The second-order valence-corrected chi connectivity index (χ2v) is 7.44. The molecule has 0 aromatic carbocycles. The van der Waals surface area contributed by atoms with Gasteiger partial charge in [-0.2, -0.15) is 0 Å². The lowest BCUT2D eigenvalue weighted by Gasteiger charge is -2.25. The molecule has 0 spiro atoms. The third-order valence-electron chi connectivity index (χ3n) is 4.72. The maximum absolute atomic E-state index is 9.40. The average Bonchev–Trinajstić information content (AvgIpc) is 3.35. The molecule has 0 radical (unpaired) electrons. The van der Waals surface area contributed by atoms with E-state index in [-0.39, 0.29) is 6.61 Å². The number of guanidine groups is 1. The molecule has 0 amide bonds. The molecule has 8 heteroatoms. The summed E-state index contributed by atoms with van der Waals surface area (Å²) in [5.74, 6) is 2.05. The lowest BCUT2D eigenvalue weighted by atomic mass is 10.1. The van der Waals surface area contributed by atoms with E-state index < -0.39 is 0 Å². The zero-order valence-electron chi connectivity index (χ0n) is 14.4. The Morgan fingerprint density at radius 3 is 2.85 bits per heavy atom. The van der Waals surface area contributed by atoms with Gasteiger partial charge in [-0.3, -0.25) is 4.98 Å². The van der Waals surface area contributed by atoms with Crippen LogP contribution in [0.25, 0.3) is 5.57 Å². The topological polar surface area (TPSA) is 94.5 Å². The SMILES string of the molecule is OCC1CCC(NC2=C(c3nccs3)CN=C(Nc3ccncc3)N2)C1. The molecule has 1 saturated carbocycles.